The third-order valence-electron chi connectivity index (χ3n) is 1.16. The molecule has 0 fully saturated rings. The first-order valence-corrected chi connectivity index (χ1v) is 4.53. The second kappa shape index (κ2) is 3.68. The van der Waals surface area contributed by atoms with Gasteiger partial charge in [-0.05, 0) is 19.1 Å². The Morgan fingerprint density at radius 1 is 1.83 bits per heavy atom. The third kappa shape index (κ3) is 1.83. The molecule has 6 heteroatoms. The second-order valence-electron chi connectivity index (χ2n) is 1.97. The summed E-state index contributed by atoms with van der Waals surface area (Å²) in [5.74, 6) is -0.456. The molecule has 0 aliphatic heterocycles. The average Bonchev–Trinajstić information content (AvgIpc) is 2.30. The SMILES string of the molecule is CCOC(=O)c1[nH]c(=S)sc1N. The molecule has 4 nitrogen and oxygen atoms in total. The molecule has 0 aromatic carbocycles. The highest BCUT2D eigenvalue weighted by atomic mass is 32.1. The highest BCUT2D eigenvalue weighted by Crippen LogP contribution is 2.18. The molecule has 3 N–H and O–H groups in total. The van der Waals surface area contributed by atoms with Crippen LogP contribution in [-0.2, 0) is 4.74 Å². The molecule has 0 aliphatic carbocycles. The van der Waals surface area contributed by atoms with Crippen LogP contribution in [0.3, 0.4) is 0 Å². The fourth-order valence-corrected chi connectivity index (χ4v) is 1.66. The van der Waals surface area contributed by atoms with Crippen molar-refractivity contribution in [2.45, 2.75) is 6.92 Å². The molecule has 0 bridgehead atoms. The minimum atomic E-state index is -0.456. The van der Waals surface area contributed by atoms with Crippen molar-refractivity contribution in [3.05, 3.63) is 9.65 Å². The first-order valence-electron chi connectivity index (χ1n) is 3.31. The minimum absolute atomic E-state index is 0.256. The summed E-state index contributed by atoms with van der Waals surface area (Å²) < 4.78 is 5.21. The van der Waals surface area contributed by atoms with Crippen molar-refractivity contribution in [1.82, 2.24) is 4.98 Å². The molecular formula is C6H8N2O2S2. The van der Waals surface area contributed by atoms with Crippen molar-refractivity contribution in [2.24, 2.45) is 0 Å². The summed E-state index contributed by atoms with van der Waals surface area (Å²) in [4.78, 5) is 13.8. The largest absolute Gasteiger partial charge is 0.461 e. The summed E-state index contributed by atoms with van der Waals surface area (Å²) in [5.41, 5.74) is 5.75. The van der Waals surface area contributed by atoms with Crippen LogP contribution >= 0.6 is 23.6 Å². The van der Waals surface area contributed by atoms with Crippen LogP contribution in [0.5, 0.6) is 0 Å². The molecule has 66 valence electrons. The standard InChI is InChI=1S/C6H8N2O2S2/c1-2-10-5(9)3-4(7)12-6(11)8-3/h2,7H2,1H3,(H,8,11). The van der Waals surface area contributed by atoms with Crippen LogP contribution in [0.1, 0.15) is 17.4 Å². The average molecular weight is 204 g/mol. The van der Waals surface area contributed by atoms with Crippen LogP contribution < -0.4 is 5.73 Å². The number of anilines is 1. The minimum Gasteiger partial charge on any atom is -0.461 e. The number of carbonyl (C=O) groups excluding carboxylic acids is 1. The lowest BCUT2D eigenvalue weighted by Crippen LogP contribution is -2.07. The van der Waals surface area contributed by atoms with Gasteiger partial charge in [0.2, 0.25) is 0 Å². The number of nitrogen functional groups attached to an aromatic ring is 1. The van der Waals surface area contributed by atoms with Crippen molar-refractivity contribution in [3.8, 4) is 0 Å². The molecule has 1 heterocycles. The van der Waals surface area contributed by atoms with Gasteiger partial charge in [-0.1, -0.05) is 11.3 Å². The number of H-pyrrole nitrogens is 1. The number of hydrogen-bond acceptors (Lipinski definition) is 5. The highest BCUT2D eigenvalue weighted by Gasteiger charge is 2.12. The Labute approximate surface area is 78.4 Å². The lowest BCUT2D eigenvalue weighted by Gasteiger charge is -1.98. The van der Waals surface area contributed by atoms with Gasteiger partial charge in [-0.2, -0.15) is 0 Å². The zero-order valence-corrected chi connectivity index (χ0v) is 8.05. The van der Waals surface area contributed by atoms with Crippen molar-refractivity contribution in [2.75, 3.05) is 12.3 Å². The van der Waals surface area contributed by atoms with E-state index in [0.717, 1.165) is 11.3 Å². The summed E-state index contributed by atoms with van der Waals surface area (Å²) in [6.07, 6.45) is 0. The van der Waals surface area contributed by atoms with Crippen LogP contribution in [0.15, 0.2) is 0 Å². The number of rotatable bonds is 2. The number of aromatic nitrogens is 1. The lowest BCUT2D eigenvalue weighted by atomic mass is 10.5. The van der Waals surface area contributed by atoms with Gasteiger partial charge in [0.15, 0.2) is 9.65 Å². The van der Waals surface area contributed by atoms with Gasteiger partial charge in [0, 0.05) is 0 Å². The van der Waals surface area contributed by atoms with E-state index in [1.54, 1.807) is 6.92 Å². The quantitative estimate of drug-likeness (QED) is 0.566. The lowest BCUT2D eigenvalue weighted by molar-refractivity contribution is 0.0521. The normalized spacial score (nSPS) is 9.75. The zero-order valence-electron chi connectivity index (χ0n) is 6.42. The molecule has 0 aliphatic rings. The number of hydrogen-bond donors (Lipinski definition) is 2. The van der Waals surface area contributed by atoms with Crippen molar-refractivity contribution in [1.29, 1.82) is 0 Å². The predicted octanol–water partition coefficient (Wildman–Crippen LogP) is 1.56. The maximum Gasteiger partial charge on any atom is 0.357 e. The van der Waals surface area contributed by atoms with Gasteiger partial charge in [-0.15, -0.1) is 0 Å². The molecule has 0 amide bonds. The van der Waals surface area contributed by atoms with Crippen LogP contribution in [0, 0.1) is 3.95 Å². The first-order chi connectivity index (χ1) is 5.65. The molecule has 1 aromatic heterocycles. The van der Waals surface area contributed by atoms with E-state index in [2.05, 4.69) is 4.98 Å². The van der Waals surface area contributed by atoms with Gasteiger partial charge in [0.1, 0.15) is 5.00 Å². The van der Waals surface area contributed by atoms with Gasteiger partial charge >= 0.3 is 5.97 Å². The molecule has 12 heavy (non-hydrogen) atoms. The van der Waals surface area contributed by atoms with E-state index in [1.165, 1.54) is 0 Å². The molecule has 1 aromatic rings. The van der Waals surface area contributed by atoms with Gasteiger partial charge in [0.25, 0.3) is 0 Å². The number of nitrogens with two attached hydrogens (primary N) is 1. The van der Waals surface area contributed by atoms with Gasteiger partial charge in [-0.25, -0.2) is 4.79 Å². The monoisotopic (exact) mass is 204 g/mol. The van der Waals surface area contributed by atoms with E-state index in [1.807, 2.05) is 0 Å². The summed E-state index contributed by atoms with van der Waals surface area (Å²) in [7, 11) is 0. The number of nitrogens with one attached hydrogen (secondary N) is 1. The summed E-state index contributed by atoms with van der Waals surface area (Å²) >= 11 is 5.96. The summed E-state index contributed by atoms with van der Waals surface area (Å²) in [6, 6.07) is 0. The van der Waals surface area contributed by atoms with Crippen LogP contribution in [-0.4, -0.2) is 17.6 Å². The molecule has 0 radical (unpaired) electrons. The number of ether oxygens (including phenoxy) is 1. The van der Waals surface area contributed by atoms with Crippen molar-refractivity contribution in [3.63, 3.8) is 0 Å². The Balaban J connectivity index is 2.94. The molecule has 0 spiro atoms. The van der Waals surface area contributed by atoms with E-state index in [9.17, 15) is 4.79 Å². The molecule has 0 saturated carbocycles. The van der Waals surface area contributed by atoms with Crippen LogP contribution in [0.4, 0.5) is 5.00 Å². The van der Waals surface area contributed by atoms with Gasteiger partial charge < -0.3 is 15.5 Å². The summed E-state index contributed by atoms with van der Waals surface area (Å²) in [5, 5.41) is 0.374. The van der Waals surface area contributed by atoms with Crippen molar-refractivity contribution < 1.29 is 9.53 Å². The van der Waals surface area contributed by atoms with Crippen LogP contribution in [0.25, 0.3) is 0 Å². The molecule has 0 atom stereocenters. The third-order valence-corrected chi connectivity index (χ3v) is 2.22. The van der Waals surface area contributed by atoms with E-state index in [0.29, 0.717) is 15.6 Å². The van der Waals surface area contributed by atoms with E-state index in [-0.39, 0.29) is 5.69 Å². The van der Waals surface area contributed by atoms with E-state index in [4.69, 9.17) is 22.7 Å². The maximum absolute atomic E-state index is 11.1. The van der Waals surface area contributed by atoms with Crippen LogP contribution in [0.2, 0.25) is 0 Å². The molecule has 0 saturated heterocycles. The van der Waals surface area contributed by atoms with E-state index < -0.39 is 5.97 Å². The van der Waals surface area contributed by atoms with Gasteiger partial charge in [0.05, 0.1) is 6.61 Å². The Hall–Kier alpha value is -0.880. The zero-order chi connectivity index (χ0) is 9.14. The number of carbonyl (C=O) groups is 1. The van der Waals surface area contributed by atoms with Gasteiger partial charge in [-0.3, -0.25) is 0 Å². The Morgan fingerprint density at radius 2 is 2.50 bits per heavy atom. The fraction of sp³-hybridized carbons (Fsp3) is 0.333. The Morgan fingerprint density at radius 3 is 2.92 bits per heavy atom. The second-order valence-corrected chi connectivity index (χ2v) is 3.69. The number of aromatic amines is 1. The number of thiazole rings is 1. The smallest absolute Gasteiger partial charge is 0.357 e. The predicted molar refractivity (Wildman–Crippen MR) is 49.9 cm³/mol. The number of esters is 1. The molecular weight excluding hydrogens is 196 g/mol. The highest BCUT2D eigenvalue weighted by molar-refractivity contribution is 7.73. The maximum atomic E-state index is 11.1. The molecule has 0 unspecified atom stereocenters. The topological polar surface area (TPSA) is 68.1 Å². The van der Waals surface area contributed by atoms with Crippen molar-refractivity contribution >= 4 is 34.5 Å². The fourth-order valence-electron chi connectivity index (χ4n) is 0.695. The first kappa shape index (κ1) is 9.21. The summed E-state index contributed by atoms with van der Waals surface area (Å²) in [6.45, 7) is 2.06. The Bertz CT molecular complexity index is 342. The Kier molecular flexibility index (Phi) is 2.83. The van der Waals surface area contributed by atoms with E-state index >= 15 is 0 Å². The molecule has 1 rings (SSSR count).